The molecule has 0 radical (unpaired) electrons. The minimum absolute atomic E-state index is 0.453. The summed E-state index contributed by atoms with van der Waals surface area (Å²) in [5, 5.41) is 0. The molecule has 0 heteroatoms. The fourth-order valence-corrected chi connectivity index (χ4v) is 2.58. The van der Waals surface area contributed by atoms with Crippen LogP contribution in [0.25, 0.3) is 0 Å². The van der Waals surface area contributed by atoms with Crippen molar-refractivity contribution in [2.75, 3.05) is 0 Å². The SMILES string of the molecule is CCC(C(C)(C)C)C(C)(C)CC. The standard InChI is InChI=1S/C12H26/c1-8-10(11(3,4)5)12(6,7)9-2/h10H,8-9H2,1-7H3. The Kier molecular flexibility index (Phi) is 3.81. The first-order valence-electron chi connectivity index (χ1n) is 5.25. The molecule has 0 nitrogen and oxygen atoms in total. The molecule has 1 unspecified atom stereocenters. The van der Waals surface area contributed by atoms with Crippen molar-refractivity contribution in [3.8, 4) is 0 Å². The van der Waals surface area contributed by atoms with Crippen LogP contribution >= 0.6 is 0 Å². The molecule has 0 heterocycles. The Morgan fingerprint density at radius 3 is 1.42 bits per heavy atom. The second-order valence-electron chi connectivity index (χ2n) is 5.67. The molecular weight excluding hydrogens is 144 g/mol. The molecular formula is C12H26. The summed E-state index contributed by atoms with van der Waals surface area (Å²) >= 11 is 0. The lowest BCUT2D eigenvalue weighted by Gasteiger charge is -2.42. The summed E-state index contributed by atoms with van der Waals surface area (Å²) in [5.74, 6) is 0.829. The van der Waals surface area contributed by atoms with Gasteiger partial charge in [0.2, 0.25) is 0 Å². The second-order valence-corrected chi connectivity index (χ2v) is 5.67. The predicted octanol–water partition coefficient (Wildman–Crippen LogP) is 4.49. The first-order chi connectivity index (χ1) is 5.25. The van der Waals surface area contributed by atoms with Crippen LogP contribution in [0.4, 0.5) is 0 Å². The van der Waals surface area contributed by atoms with Gasteiger partial charge in [0.25, 0.3) is 0 Å². The maximum atomic E-state index is 2.40. The van der Waals surface area contributed by atoms with E-state index in [1.807, 2.05) is 0 Å². The normalized spacial score (nSPS) is 16.2. The lowest BCUT2D eigenvalue weighted by molar-refractivity contribution is 0.0786. The third kappa shape index (κ3) is 2.80. The van der Waals surface area contributed by atoms with Gasteiger partial charge in [-0.25, -0.2) is 0 Å². The Bertz CT molecular complexity index is 125. The first-order valence-corrected chi connectivity index (χ1v) is 5.25. The average Bonchev–Trinajstić information content (AvgIpc) is 1.85. The molecule has 0 fully saturated rings. The molecule has 0 bridgehead atoms. The fraction of sp³-hybridized carbons (Fsp3) is 1.00. The van der Waals surface area contributed by atoms with Crippen LogP contribution in [0.15, 0.2) is 0 Å². The third-order valence-corrected chi connectivity index (χ3v) is 3.31. The van der Waals surface area contributed by atoms with Gasteiger partial charge in [-0.15, -0.1) is 0 Å². The summed E-state index contributed by atoms with van der Waals surface area (Å²) in [4.78, 5) is 0. The molecule has 12 heavy (non-hydrogen) atoms. The van der Waals surface area contributed by atoms with Crippen LogP contribution in [-0.2, 0) is 0 Å². The number of hydrogen-bond acceptors (Lipinski definition) is 0. The van der Waals surface area contributed by atoms with Crippen LogP contribution in [0.3, 0.4) is 0 Å². The van der Waals surface area contributed by atoms with E-state index in [1.54, 1.807) is 0 Å². The second kappa shape index (κ2) is 3.81. The van der Waals surface area contributed by atoms with E-state index in [1.165, 1.54) is 12.8 Å². The highest BCUT2D eigenvalue weighted by Gasteiger charge is 2.34. The Morgan fingerprint density at radius 1 is 0.917 bits per heavy atom. The van der Waals surface area contributed by atoms with E-state index in [4.69, 9.17) is 0 Å². The van der Waals surface area contributed by atoms with Gasteiger partial charge in [-0.1, -0.05) is 61.3 Å². The highest BCUT2D eigenvalue weighted by Crippen LogP contribution is 2.43. The molecule has 0 aliphatic carbocycles. The Balaban J connectivity index is 4.56. The van der Waals surface area contributed by atoms with Crippen molar-refractivity contribution in [3.05, 3.63) is 0 Å². The van der Waals surface area contributed by atoms with Gasteiger partial charge in [0.1, 0.15) is 0 Å². The van der Waals surface area contributed by atoms with Crippen LogP contribution in [0.1, 0.15) is 61.3 Å². The lowest BCUT2D eigenvalue weighted by Crippen LogP contribution is -2.33. The average molecular weight is 170 g/mol. The van der Waals surface area contributed by atoms with Crippen molar-refractivity contribution < 1.29 is 0 Å². The van der Waals surface area contributed by atoms with E-state index in [0.717, 1.165) is 5.92 Å². The summed E-state index contributed by atoms with van der Waals surface area (Å²) in [6, 6.07) is 0. The number of rotatable bonds is 3. The summed E-state index contributed by atoms with van der Waals surface area (Å²) in [7, 11) is 0. The van der Waals surface area contributed by atoms with Gasteiger partial charge in [0, 0.05) is 0 Å². The molecule has 0 saturated heterocycles. The zero-order valence-electron chi connectivity index (χ0n) is 9.99. The Hall–Kier alpha value is 0. The van der Waals surface area contributed by atoms with Crippen molar-refractivity contribution in [2.24, 2.45) is 16.7 Å². The summed E-state index contributed by atoms with van der Waals surface area (Å²) in [6.45, 7) is 16.5. The minimum Gasteiger partial charge on any atom is -0.0651 e. The highest BCUT2D eigenvalue weighted by atomic mass is 14.4. The zero-order valence-corrected chi connectivity index (χ0v) is 9.99. The van der Waals surface area contributed by atoms with Gasteiger partial charge in [-0.3, -0.25) is 0 Å². The van der Waals surface area contributed by atoms with Gasteiger partial charge in [0.05, 0.1) is 0 Å². The van der Waals surface area contributed by atoms with Crippen LogP contribution in [0.5, 0.6) is 0 Å². The maximum Gasteiger partial charge on any atom is -0.0317 e. The predicted molar refractivity (Wildman–Crippen MR) is 57.3 cm³/mol. The van der Waals surface area contributed by atoms with Crippen molar-refractivity contribution in [1.82, 2.24) is 0 Å². The topological polar surface area (TPSA) is 0 Å². The first kappa shape index (κ1) is 12.0. The smallest absolute Gasteiger partial charge is 0.0317 e. The summed E-state index contributed by atoms with van der Waals surface area (Å²) < 4.78 is 0. The Morgan fingerprint density at radius 2 is 1.33 bits per heavy atom. The van der Waals surface area contributed by atoms with E-state index in [2.05, 4.69) is 48.5 Å². The molecule has 1 atom stereocenters. The molecule has 0 saturated carbocycles. The van der Waals surface area contributed by atoms with E-state index in [-0.39, 0.29) is 0 Å². The van der Waals surface area contributed by atoms with Gasteiger partial charge in [-0.2, -0.15) is 0 Å². The maximum absolute atomic E-state index is 2.40. The van der Waals surface area contributed by atoms with Crippen molar-refractivity contribution in [3.63, 3.8) is 0 Å². The zero-order chi connectivity index (χ0) is 9.99. The fourth-order valence-electron chi connectivity index (χ4n) is 2.58. The minimum atomic E-state index is 0.453. The van der Waals surface area contributed by atoms with Crippen LogP contribution in [-0.4, -0.2) is 0 Å². The Labute approximate surface area is 78.8 Å². The quantitative estimate of drug-likeness (QED) is 0.585. The van der Waals surface area contributed by atoms with Gasteiger partial charge in [-0.05, 0) is 16.7 Å². The van der Waals surface area contributed by atoms with E-state index in [0.29, 0.717) is 10.8 Å². The molecule has 0 spiro atoms. The summed E-state index contributed by atoms with van der Waals surface area (Å²) in [6.07, 6.45) is 2.58. The van der Waals surface area contributed by atoms with Gasteiger partial charge >= 0.3 is 0 Å². The van der Waals surface area contributed by atoms with Crippen molar-refractivity contribution in [2.45, 2.75) is 61.3 Å². The monoisotopic (exact) mass is 170 g/mol. The van der Waals surface area contributed by atoms with E-state index >= 15 is 0 Å². The molecule has 0 aliphatic heterocycles. The van der Waals surface area contributed by atoms with Crippen LogP contribution in [0.2, 0.25) is 0 Å². The third-order valence-electron chi connectivity index (χ3n) is 3.31. The van der Waals surface area contributed by atoms with Crippen molar-refractivity contribution >= 4 is 0 Å². The molecule has 0 aliphatic rings. The van der Waals surface area contributed by atoms with Crippen molar-refractivity contribution in [1.29, 1.82) is 0 Å². The van der Waals surface area contributed by atoms with E-state index in [9.17, 15) is 0 Å². The molecule has 0 aromatic rings. The largest absolute Gasteiger partial charge is 0.0651 e. The molecule has 74 valence electrons. The van der Waals surface area contributed by atoms with Crippen LogP contribution < -0.4 is 0 Å². The molecule has 0 amide bonds. The molecule has 0 N–H and O–H groups in total. The molecule has 0 rings (SSSR count). The van der Waals surface area contributed by atoms with Gasteiger partial charge < -0.3 is 0 Å². The molecule has 0 aromatic heterocycles. The van der Waals surface area contributed by atoms with Crippen LogP contribution in [0, 0.1) is 16.7 Å². The number of hydrogen-bond donors (Lipinski definition) is 0. The highest BCUT2D eigenvalue weighted by molar-refractivity contribution is 4.84. The lowest BCUT2D eigenvalue weighted by atomic mass is 9.63. The summed E-state index contributed by atoms with van der Waals surface area (Å²) in [5.41, 5.74) is 0.946. The van der Waals surface area contributed by atoms with Gasteiger partial charge in [0.15, 0.2) is 0 Å². The molecule has 0 aromatic carbocycles. The van der Waals surface area contributed by atoms with E-state index < -0.39 is 0 Å².